The molecule has 3 aromatic heterocycles. The Hall–Kier alpha value is -4.11. The Balaban J connectivity index is 1.42. The van der Waals surface area contributed by atoms with E-state index in [0.29, 0.717) is 26.6 Å². The van der Waals surface area contributed by atoms with E-state index < -0.39 is 4.92 Å². The van der Waals surface area contributed by atoms with E-state index >= 15 is 0 Å². The molecule has 0 aliphatic heterocycles. The molecule has 0 aliphatic rings. The lowest BCUT2D eigenvalue weighted by molar-refractivity contribution is -0.384. The van der Waals surface area contributed by atoms with Crippen molar-refractivity contribution in [3.05, 3.63) is 88.7 Å². The zero-order valence-electron chi connectivity index (χ0n) is 15.4. The highest BCUT2D eigenvalue weighted by molar-refractivity contribution is 7.22. The van der Waals surface area contributed by atoms with Crippen molar-refractivity contribution < 1.29 is 9.72 Å². The van der Waals surface area contributed by atoms with E-state index in [-0.39, 0.29) is 11.6 Å². The third-order valence-corrected chi connectivity index (χ3v) is 5.53. The van der Waals surface area contributed by atoms with Gasteiger partial charge in [0.05, 0.1) is 20.8 Å². The van der Waals surface area contributed by atoms with Gasteiger partial charge >= 0.3 is 0 Å². The highest BCUT2D eigenvalue weighted by atomic mass is 32.1. The molecule has 9 heteroatoms. The van der Waals surface area contributed by atoms with Crippen molar-refractivity contribution in [3.63, 3.8) is 0 Å². The third-order valence-electron chi connectivity index (χ3n) is 4.60. The van der Waals surface area contributed by atoms with E-state index in [1.165, 1.54) is 23.5 Å². The molecule has 1 amide bonds. The number of hydrogen-bond acceptors (Lipinski definition) is 6. The van der Waals surface area contributed by atoms with Gasteiger partial charge in [0.15, 0.2) is 5.13 Å². The summed E-state index contributed by atoms with van der Waals surface area (Å²) in [5.41, 5.74) is 3.50. The van der Waals surface area contributed by atoms with Crippen LogP contribution in [-0.2, 0) is 0 Å². The van der Waals surface area contributed by atoms with E-state index in [9.17, 15) is 14.9 Å². The number of rotatable bonds is 4. The Morgan fingerprint density at radius 2 is 1.90 bits per heavy atom. The molecule has 146 valence electrons. The molecule has 5 aromatic rings. The van der Waals surface area contributed by atoms with Crippen LogP contribution in [0, 0.1) is 10.1 Å². The number of carbonyl (C=O) groups is 1. The van der Waals surface area contributed by atoms with Gasteiger partial charge in [-0.25, -0.2) is 9.97 Å². The van der Waals surface area contributed by atoms with Crippen LogP contribution in [0.3, 0.4) is 0 Å². The van der Waals surface area contributed by atoms with Gasteiger partial charge in [-0.1, -0.05) is 41.7 Å². The van der Waals surface area contributed by atoms with Crippen LogP contribution < -0.4 is 5.32 Å². The van der Waals surface area contributed by atoms with Crippen LogP contribution in [0.2, 0.25) is 0 Å². The first-order valence-corrected chi connectivity index (χ1v) is 9.79. The normalized spacial score (nSPS) is 11.1. The standard InChI is InChI=1S/C21H13N5O3S/c27-20(24-21-23-16-7-6-15(26(28)29)11-18(16)30-21)14-8-9-25-12-17(22-19(25)10-14)13-4-2-1-3-5-13/h1-12H,(H,23,24,27). The van der Waals surface area contributed by atoms with Gasteiger partial charge in [0.25, 0.3) is 11.6 Å². The molecule has 0 atom stereocenters. The van der Waals surface area contributed by atoms with Crippen LogP contribution in [-0.4, -0.2) is 25.2 Å². The first-order valence-electron chi connectivity index (χ1n) is 8.97. The Morgan fingerprint density at radius 3 is 2.70 bits per heavy atom. The Kier molecular flexibility index (Phi) is 4.22. The number of anilines is 1. The van der Waals surface area contributed by atoms with Crippen molar-refractivity contribution in [3.8, 4) is 11.3 Å². The molecule has 0 radical (unpaired) electrons. The van der Waals surface area contributed by atoms with Crippen molar-refractivity contribution in [2.75, 3.05) is 5.32 Å². The molecule has 0 spiro atoms. The number of benzene rings is 2. The lowest BCUT2D eigenvalue weighted by atomic mass is 10.2. The van der Waals surface area contributed by atoms with Crippen molar-refractivity contribution >= 4 is 43.9 Å². The maximum absolute atomic E-state index is 12.7. The van der Waals surface area contributed by atoms with Crippen molar-refractivity contribution in [1.82, 2.24) is 14.4 Å². The third kappa shape index (κ3) is 3.27. The molecular formula is C21H13N5O3S. The van der Waals surface area contributed by atoms with Gasteiger partial charge in [-0.15, -0.1) is 0 Å². The van der Waals surface area contributed by atoms with E-state index in [0.717, 1.165) is 11.3 Å². The average molecular weight is 415 g/mol. The van der Waals surface area contributed by atoms with Crippen LogP contribution in [0.25, 0.3) is 27.1 Å². The molecule has 0 bridgehead atoms. The fourth-order valence-electron chi connectivity index (χ4n) is 3.12. The molecule has 0 saturated heterocycles. The number of carbonyl (C=O) groups excluding carboxylic acids is 1. The van der Waals surface area contributed by atoms with E-state index in [1.807, 2.05) is 40.9 Å². The van der Waals surface area contributed by atoms with Gasteiger partial charge in [0.1, 0.15) is 5.65 Å². The monoisotopic (exact) mass is 415 g/mol. The number of amides is 1. The quantitative estimate of drug-likeness (QED) is 0.336. The van der Waals surface area contributed by atoms with Gasteiger partial charge in [0.2, 0.25) is 0 Å². The summed E-state index contributed by atoms with van der Waals surface area (Å²) in [4.78, 5) is 32.1. The molecule has 0 unspecified atom stereocenters. The fraction of sp³-hybridized carbons (Fsp3) is 0. The Labute approximate surface area is 173 Å². The fourth-order valence-corrected chi connectivity index (χ4v) is 4.01. The zero-order valence-corrected chi connectivity index (χ0v) is 16.2. The molecule has 3 heterocycles. The molecule has 8 nitrogen and oxygen atoms in total. The number of fused-ring (bicyclic) bond motifs is 2. The summed E-state index contributed by atoms with van der Waals surface area (Å²) in [6, 6.07) is 17.6. The minimum atomic E-state index is -0.457. The number of aromatic nitrogens is 3. The molecular weight excluding hydrogens is 402 g/mol. The number of nitro benzene ring substituents is 1. The summed E-state index contributed by atoms with van der Waals surface area (Å²) < 4.78 is 2.49. The van der Waals surface area contributed by atoms with Crippen molar-refractivity contribution in [2.45, 2.75) is 0 Å². The number of nitrogens with one attached hydrogen (secondary N) is 1. The SMILES string of the molecule is O=C(Nc1nc2ccc([N+](=O)[O-])cc2s1)c1ccn2cc(-c3ccccc3)nc2c1. The molecule has 30 heavy (non-hydrogen) atoms. The average Bonchev–Trinajstić information content (AvgIpc) is 3.36. The molecule has 1 N–H and O–H groups in total. The van der Waals surface area contributed by atoms with E-state index in [2.05, 4.69) is 15.3 Å². The lowest BCUT2D eigenvalue weighted by Crippen LogP contribution is -2.11. The van der Waals surface area contributed by atoms with Gasteiger partial charge in [-0.3, -0.25) is 20.2 Å². The summed E-state index contributed by atoms with van der Waals surface area (Å²) in [6.45, 7) is 0. The van der Waals surface area contributed by atoms with Gasteiger partial charge < -0.3 is 4.40 Å². The summed E-state index contributed by atoms with van der Waals surface area (Å²) in [5, 5.41) is 14.1. The van der Waals surface area contributed by atoms with Crippen LogP contribution >= 0.6 is 11.3 Å². The number of nitrogens with zero attached hydrogens (tertiary/aromatic N) is 4. The molecule has 2 aromatic carbocycles. The largest absolute Gasteiger partial charge is 0.306 e. The summed E-state index contributed by atoms with van der Waals surface area (Å²) >= 11 is 1.19. The number of thiazole rings is 1. The first kappa shape index (κ1) is 18.0. The van der Waals surface area contributed by atoms with Crippen molar-refractivity contribution in [2.24, 2.45) is 0 Å². The van der Waals surface area contributed by atoms with Crippen LogP contribution in [0.4, 0.5) is 10.8 Å². The second-order valence-corrected chi connectivity index (χ2v) is 7.59. The number of imidazole rings is 1. The predicted octanol–water partition coefficient (Wildman–Crippen LogP) is 4.77. The molecule has 5 rings (SSSR count). The predicted molar refractivity (Wildman–Crippen MR) is 115 cm³/mol. The second-order valence-electron chi connectivity index (χ2n) is 6.56. The van der Waals surface area contributed by atoms with Gasteiger partial charge in [0, 0.05) is 35.7 Å². The summed E-state index contributed by atoms with van der Waals surface area (Å²) in [5.74, 6) is -0.324. The highest BCUT2D eigenvalue weighted by Crippen LogP contribution is 2.29. The van der Waals surface area contributed by atoms with Crippen LogP contribution in [0.1, 0.15) is 10.4 Å². The number of pyridine rings is 1. The van der Waals surface area contributed by atoms with Gasteiger partial charge in [-0.05, 0) is 18.2 Å². The lowest BCUT2D eigenvalue weighted by Gasteiger charge is -2.02. The maximum Gasteiger partial charge on any atom is 0.270 e. The molecule has 0 aliphatic carbocycles. The first-order chi connectivity index (χ1) is 14.6. The summed E-state index contributed by atoms with van der Waals surface area (Å²) in [6.07, 6.45) is 3.69. The Bertz CT molecular complexity index is 1420. The van der Waals surface area contributed by atoms with E-state index in [4.69, 9.17) is 0 Å². The van der Waals surface area contributed by atoms with Crippen LogP contribution in [0.5, 0.6) is 0 Å². The van der Waals surface area contributed by atoms with Gasteiger partial charge in [-0.2, -0.15) is 0 Å². The number of non-ortho nitro benzene ring substituents is 1. The molecule has 0 fully saturated rings. The second kappa shape index (κ2) is 7.05. The smallest absolute Gasteiger partial charge is 0.270 e. The summed E-state index contributed by atoms with van der Waals surface area (Å²) in [7, 11) is 0. The minimum absolute atomic E-state index is 0.0111. The highest BCUT2D eigenvalue weighted by Gasteiger charge is 2.14. The van der Waals surface area contributed by atoms with Crippen LogP contribution in [0.15, 0.2) is 73.1 Å². The topological polar surface area (TPSA) is 102 Å². The minimum Gasteiger partial charge on any atom is -0.306 e. The van der Waals surface area contributed by atoms with Crippen molar-refractivity contribution in [1.29, 1.82) is 0 Å². The number of hydrogen-bond donors (Lipinski definition) is 1. The Morgan fingerprint density at radius 1 is 1.07 bits per heavy atom. The molecule has 0 saturated carbocycles. The number of nitro groups is 1. The zero-order chi connectivity index (χ0) is 20.7. The van der Waals surface area contributed by atoms with E-state index in [1.54, 1.807) is 24.4 Å². The maximum atomic E-state index is 12.7.